The van der Waals surface area contributed by atoms with Crippen LogP contribution >= 0.6 is 0 Å². The highest BCUT2D eigenvalue weighted by Gasteiger charge is 2.28. The van der Waals surface area contributed by atoms with Gasteiger partial charge in [-0.25, -0.2) is 0 Å². The number of aliphatic hydroxyl groups excluding tert-OH is 1. The quantitative estimate of drug-likeness (QED) is 0.469. The second-order valence-electron chi connectivity index (χ2n) is 2.56. The van der Waals surface area contributed by atoms with Crippen LogP contribution in [0.25, 0.3) is 0 Å². The standard InChI is InChI=1S/C6H11NO2/c1-4-2-6(9)7-5(4)3-8/h3-7,9H,2H2,1H3/t4-,5+,6?/m0/s1. The third kappa shape index (κ3) is 1.28. The summed E-state index contributed by atoms with van der Waals surface area (Å²) in [6.45, 7) is 1.95. The molecule has 0 aliphatic carbocycles. The van der Waals surface area contributed by atoms with Gasteiger partial charge in [0.15, 0.2) is 0 Å². The average Bonchev–Trinajstić information content (AvgIpc) is 2.10. The second kappa shape index (κ2) is 2.45. The molecule has 9 heavy (non-hydrogen) atoms. The SMILES string of the molecule is C[C@H]1CC(O)N[C@@H]1C=O. The van der Waals surface area contributed by atoms with Gasteiger partial charge in [-0.05, 0) is 12.3 Å². The van der Waals surface area contributed by atoms with Crippen LogP contribution < -0.4 is 5.32 Å². The first kappa shape index (κ1) is 6.71. The molecule has 0 aromatic rings. The van der Waals surface area contributed by atoms with Gasteiger partial charge in [0, 0.05) is 0 Å². The highest BCUT2D eigenvalue weighted by Crippen LogP contribution is 2.16. The van der Waals surface area contributed by atoms with Crippen LogP contribution in [0.1, 0.15) is 13.3 Å². The van der Waals surface area contributed by atoms with E-state index in [-0.39, 0.29) is 12.0 Å². The van der Waals surface area contributed by atoms with E-state index in [1.165, 1.54) is 0 Å². The zero-order valence-corrected chi connectivity index (χ0v) is 5.37. The first-order chi connectivity index (χ1) is 4.24. The lowest BCUT2D eigenvalue weighted by Gasteiger charge is -2.04. The van der Waals surface area contributed by atoms with Gasteiger partial charge in [-0.15, -0.1) is 0 Å². The Bertz CT molecular complexity index is 116. The van der Waals surface area contributed by atoms with Gasteiger partial charge in [-0.3, -0.25) is 5.32 Å². The van der Waals surface area contributed by atoms with Crippen LogP contribution in [-0.4, -0.2) is 23.7 Å². The Morgan fingerprint density at radius 2 is 2.44 bits per heavy atom. The van der Waals surface area contributed by atoms with Crippen LogP contribution in [0, 0.1) is 5.92 Å². The lowest BCUT2D eigenvalue weighted by molar-refractivity contribution is -0.110. The van der Waals surface area contributed by atoms with Crippen molar-refractivity contribution >= 4 is 6.29 Å². The van der Waals surface area contributed by atoms with Gasteiger partial charge < -0.3 is 9.90 Å². The maximum atomic E-state index is 10.2. The number of hydrogen-bond acceptors (Lipinski definition) is 3. The summed E-state index contributed by atoms with van der Waals surface area (Å²) >= 11 is 0. The Labute approximate surface area is 54.1 Å². The maximum absolute atomic E-state index is 10.2. The Hall–Kier alpha value is -0.410. The third-order valence-corrected chi connectivity index (χ3v) is 1.74. The van der Waals surface area contributed by atoms with E-state index in [4.69, 9.17) is 5.11 Å². The van der Waals surface area contributed by atoms with Crippen LogP contribution in [0.15, 0.2) is 0 Å². The van der Waals surface area contributed by atoms with Crippen molar-refractivity contribution in [2.45, 2.75) is 25.6 Å². The van der Waals surface area contributed by atoms with Crippen LogP contribution in [0.5, 0.6) is 0 Å². The highest BCUT2D eigenvalue weighted by molar-refractivity contribution is 5.58. The molecular weight excluding hydrogens is 118 g/mol. The van der Waals surface area contributed by atoms with E-state index < -0.39 is 6.23 Å². The number of hydrogen-bond donors (Lipinski definition) is 2. The van der Waals surface area contributed by atoms with E-state index >= 15 is 0 Å². The molecule has 1 fully saturated rings. The third-order valence-electron chi connectivity index (χ3n) is 1.74. The number of carbonyl (C=O) groups excluding carboxylic acids is 1. The van der Waals surface area contributed by atoms with E-state index in [9.17, 15) is 4.79 Å². The van der Waals surface area contributed by atoms with Gasteiger partial charge in [0.25, 0.3) is 0 Å². The van der Waals surface area contributed by atoms with Gasteiger partial charge >= 0.3 is 0 Å². The molecule has 1 saturated heterocycles. The number of carbonyl (C=O) groups is 1. The molecule has 1 heterocycles. The maximum Gasteiger partial charge on any atom is 0.137 e. The Balaban J connectivity index is 2.47. The Morgan fingerprint density at radius 1 is 1.78 bits per heavy atom. The molecule has 2 N–H and O–H groups in total. The van der Waals surface area contributed by atoms with Crippen molar-refractivity contribution in [2.75, 3.05) is 0 Å². The topological polar surface area (TPSA) is 49.3 Å². The summed E-state index contributed by atoms with van der Waals surface area (Å²) in [5.74, 6) is 0.275. The van der Waals surface area contributed by atoms with Crippen LogP contribution in [0.3, 0.4) is 0 Å². The van der Waals surface area contributed by atoms with Crippen LogP contribution in [-0.2, 0) is 4.79 Å². The predicted molar refractivity (Wildman–Crippen MR) is 32.8 cm³/mol. The van der Waals surface area contributed by atoms with Crippen molar-refractivity contribution in [2.24, 2.45) is 5.92 Å². The van der Waals surface area contributed by atoms with Crippen molar-refractivity contribution in [1.82, 2.24) is 5.32 Å². The summed E-state index contributed by atoms with van der Waals surface area (Å²) in [4.78, 5) is 10.2. The van der Waals surface area contributed by atoms with Gasteiger partial charge in [-0.2, -0.15) is 0 Å². The summed E-state index contributed by atoms with van der Waals surface area (Å²) < 4.78 is 0. The molecule has 52 valence electrons. The molecule has 3 atom stereocenters. The van der Waals surface area contributed by atoms with Gasteiger partial charge in [0.1, 0.15) is 12.5 Å². The molecular formula is C6H11NO2. The minimum Gasteiger partial charge on any atom is -0.379 e. The van der Waals surface area contributed by atoms with Crippen molar-refractivity contribution in [1.29, 1.82) is 0 Å². The monoisotopic (exact) mass is 129 g/mol. The van der Waals surface area contributed by atoms with E-state index in [1.54, 1.807) is 0 Å². The highest BCUT2D eigenvalue weighted by atomic mass is 16.3. The fraction of sp³-hybridized carbons (Fsp3) is 0.833. The lowest BCUT2D eigenvalue weighted by atomic mass is 10.1. The van der Waals surface area contributed by atoms with Crippen molar-refractivity contribution in [3.63, 3.8) is 0 Å². The molecule has 0 spiro atoms. The smallest absolute Gasteiger partial charge is 0.137 e. The summed E-state index contributed by atoms with van der Waals surface area (Å²) in [7, 11) is 0. The molecule has 1 aliphatic heterocycles. The summed E-state index contributed by atoms with van der Waals surface area (Å²) in [5, 5.41) is 11.7. The number of rotatable bonds is 1. The molecule has 1 aliphatic rings. The van der Waals surface area contributed by atoms with E-state index in [0.29, 0.717) is 6.42 Å². The first-order valence-electron chi connectivity index (χ1n) is 3.13. The molecule has 1 unspecified atom stereocenters. The Morgan fingerprint density at radius 3 is 2.67 bits per heavy atom. The summed E-state index contributed by atoms with van der Waals surface area (Å²) in [6, 6.07) is -0.139. The van der Waals surface area contributed by atoms with Gasteiger partial charge in [0.05, 0.1) is 6.04 Å². The molecule has 1 rings (SSSR count). The largest absolute Gasteiger partial charge is 0.379 e. The molecule has 0 saturated carbocycles. The minimum atomic E-state index is -0.477. The predicted octanol–water partition coefficient (Wildman–Crippen LogP) is -0.498. The minimum absolute atomic E-state index is 0.139. The Kier molecular flexibility index (Phi) is 1.83. The van der Waals surface area contributed by atoms with Crippen LogP contribution in [0.2, 0.25) is 0 Å². The zero-order chi connectivity index (χ0) is 6.85. The number of nitrogens with one attached hydrogen (secondary N) is 1. The number of aliphatic hydroxyl groups is 1. The second-order valence-corrected chi connectivity index (χ2v) is 2.56. The van der Waals surface area contributed by atoms with Crippen LogP contribution in [0.4, 0.5) is 0 Å². The van der Waals surface area contributed by atoms with E-state index in [1.807, 2.05) is 6.92 Å². The normalized spacial score (nSPS) is 43.1. The molecule has 3 heteroatoms. The zero-order valence-electron chi connectivity index (χ0n) is 5.37. The molecule has 0 radical (unpaired) electrons. The van der Waals surface area contributed by atoms with Crippen molar-refractivity contribution in [3.05, 3.63) is 0 Å². The first-order valence-corrected chi connectivity index (χ1v) is 3.13. The molecule has 0 amide bonds. The molecule has 0 bridgehead atoms. The fourth-order valence-corrected chi connectivity index (χ4v) is 1.13. The van der Waals surface area contributed by atoms with Gasteiger partial charge in [-0.1, -0.05) is 6.92 Å². The lowest BCUT2D eigenvalue weighted by Crippen LogP contribution is -2.31. The van der Waals surface area contributed by atoms with E-state index in [2.05, 4.69) is 5.32 Å². The van der Waals surface area contributed by atoms with Crippen molar-refractivity contribution < 1.29 is 9.90 Å². The fourth-order valence-electron chi connectivity index (χ4n) is 1.13. The van der Waals surface area contributed by atoms with Gasteiger partial charge in [0.2, 0.25) is 0 Å². The van der Waals surface area contributed by atoms with Crippen molar-refractivity contribution in [3.8, 4) is 0 Å². The molecule has 0 aromatic carbocycles. The summed E-state index contributed by atoms with van der Waals surface area (Å²) in [6.07, 6.45) is 1.06. The van der Waals surface area contributed by atoms with E-state index in [0.717, 1.165) is 6.29 Å². The number of aldehydes is 1. The molecule has 0 aromatic heterocycles. The average molecular weight is 129 g/mol. The molecule has 3 nitrogen and oxygen atoms in total. The summed E-state index contributed by atoms with van der Waals surface area (Å²) in [5.41, 5.74) is 0.